The number of carbonyl (C=O) groups excluding carboxylic acids is 1. The maximum absolute atomic E-state index is 13.1. The summed E-state index contributed by atoms with van der Waals surface area (Å²) in [4.78, 5) is 27.8. The Labute approximate surface area is 170 Å². The average molecular weight is 417 g/mol. The molecule has 1 atom stereocenters. The lowest BCUT2D eigenvalue weighted by molar-refractivity contribution is 0.00497. The number of carbonyl (C=O) groups is 1. The van der Waals surface area contributed by atoms with Crippen molar-refractivity contribution in [2.24, 2.45) is 0 Å². The summed E-state index contributed by atoms with van der Waals surface area (Å²) in [6.45, 7) is 3.25. The molecule has 1 amide bonds. The zero-order chi connectivity index (χ0) is 21.5. The van der Waals surface area contributed by atoms with E-state index in [-0.39, 0.29) is 16.6 Å². The van der Waals surface area contributed by atoms with Crippen LogP contribution < -0.4 is 20.3 Å². The zero-order valence-electron chi connectivity index (χ0n) is 16.5. The lowest BCUT2D eigenvalue weighted by Crippen LogP contribution is -2.36. The molecule has 0 saturated heterocycles. The highest BCUT2D eigenvalue weighted by molar-refractivity contribution is 5.95. The normalized spacial score (nSPS) is 14.5. The maximum Gasteiger partial charge on any atom is 0.272 e. The summed E-state index contributed by atoms with van der Waals surface area (Å²) in [7, 11) is 0. The third-order valence-corrected chi connectivity index (χ3v) is 4.76. The fraction of sp³-hybridized carbons (Fsp3) is 0.333. The molecule has 0 saturated carbocycles. The number of amides is 1. The lowest BCUT2D eigenvalue weighted by atomic mass is 10.1. The Hall–Kier alpha value is -3.36. The molecule has 0 aliphatic carbocycles. The van der Waals surface area contributed by atoms with Crippen LogP contribution in [0, 0.1) is 0 Å². The van der Waals surface area contributed by atoms with Gasteiger partial charge in [-0.1, -0.05) is 0 Å². The minimum Gasteiger partial charge on any atom is -0.486 e. The van der Waals surface area contributed by atoms with Gasteiger partial charge >= 0.3 is 0 Å². The first-order valence-electron chi connectivity index (χ1n) is 9.53. The molecule has 3 heterocycles. The largest absolute Gasteiger partial charge is 0.486 e. The van der Waals surface area contributed by atoms with E-state index in [2.05, 4.69) is 10.3 Å². The molecule has 1 aliphatic heterocycles. The van der Waals surface area contributed by atoms with Crippen LogP contribution in [0.25, 0.3) is 16.8 Å². The first kappa shape index (κ1) is 19.9. The summed E-state index contributed by atoms with van der Waals surface area (Å²) < 4.78 is 38.9. The van der Waals surface area contributed by atoms with Gasteiger partial charge in [0.1, 0.15) is 18.7 Å². The summed E-state index contributed by atoms with van der Waals surface area (Å²) in [5, 5.41) is 2.54. The van der Waals surface area contributed by atoms with Crippen molar-refractivity contribution in [1.29, 1.82) is 0 Å². The molecule has 1 aliphatic rings. The number of fused-ring (bicyclic) bond motifs is 2. The third kappa shape index (κ3) is 4.14. The number of benzene rings is 1. The highest BCUT2D eigenvalue weighted by Crippen LogP contribution is 2.33. The van der Waals surface area contributed by atoms with Gasteiger partial charge in [-0.2, -0.15) is 0 Å². The van der Waals surface area contributed by atoms with Gasteiger partial charge in [-0.15, -0.1) is 0 Å². The van der Waals surface area contributed by atoms with Gasteiger partial charge in [-0.3, -0.25) is 9.59 Å². The lowest BCUT2D eigenvalue weighted by Gasteiger charge is -2.18. The second-order valence-electron chi connectivity index (χ2n) is 7.53. The molecule has 0 fully saturated rings. The average Bonchev–Trinajstić information content (AvgIpc) is 3.11. The van der Waals surface area contributed by atoms with Crippen LogP contribution in [0.5, 0.6) is 11.5 Å². The van der Waals surface area contributed by atoms with Crippen LogP contribution in [0.2, 0.25) is 0 Å². The summed E-state index contributed by atoms with van der Waals surface area (Å²) in [5.74, 6) is -2.17. The van der Waals surface area contributed by atoms with Crippen LogP contribution in [0.1, 0.15) is 30.6 Å². The predicted molar refractivity (Wildman–Crippen MR) is 107 cm³/mol. The molecular formula is C21H21F2N3O4. The smallest absolute Gasteiger partial charge is 0.272 e. The molecular weight excluding hydrogens is 396 g/mol. The number of alkyl halides is 2. The molecule has 9 heteroatoms. The van der Waals surface area contributed by atoms with Crippen molar-refractivity contribution in [2.45, 2.75) is 32.2 Å². The Morgan fingerprint density at radius 3 is 2.70 bits per heavy atom. The fourth-order valence-corrected chi connectivity index (χ4v) is 3.50. The van der Waals surface area contributed by atoms with Crippen molar-refractivity contribution >= 4 is 11.4 Å². The van der Waals surface area contributed by atoms with E-state index in [1.165, 1.54) is 19.2 Å². The molecule has 0 bridgehead atoms. The van der Waals surface area contributed by atoms with E-state index in [4.69, 9.17) is 9.47 Å². The van der Waals surface area contributed by atoms with E-state index < -0.39 is 24.3 Å². The van der Waals surface area contributed by atoms with E-state index in [0.29, 0.717) is 30.4 Å². The van der Waals surface area contributed by atoms with Gasteiger partial charge in [0, 0.05) is 30.4 Å². The molecule has 0 radical (unpaired) electrons. The number of ether oxygens (including phenoxy) is 2. The number of rotatable bonds is 5. The van der Waals surface area contributed by atoms with Crippen molar-refractivity contribution in [2.75, 3.05) is 13.2 Å². The number of hydrogen-bond donors (Lipinski definition) is 2. The fourth-order valence-electron chi connectivity index (χ4n) is 3.50. The van der Waals surface area contributed by atoms with Gasteiger partial charge in [0.15, 0.2) is 11.5 Å². The van der Waals surface area contributed by atoms with E-state index in [0.717, 1.165) is 12.5 Å². The minimum atomic E-state index is -2.88. The van der Waals surface area contributed by atoms with Crippen molar-refractivity contribution in [3.63, 3.8) is 0 Å². The van der Waals surface area contributed by atoms with Gasteiger partial charge in [-0.25, -0.2) is 8.78 Å². The van der Waals surface area contributed by atoms with Crippen LogP contribution in [-0.2, 0) is 0 Å². The van der Waals surface area contributed by atoms with Crippen LogP contribution in [-0.4, -0.2) is 40.5 Å². The molecule has 0 spiro atoms. The summed E-state index contributed by atoms with van der Waals surface area (Å²) in [5.41, 5.74) is 1.36. The molecule has 3 aromatic rings. The number of nitrogens with one attached hydrogen (secondary N) is 2. The molecule has 2 N–H and O–H groups in total. The number of aromatic amines is 1. The quantitative estimate of drug-likeness (QED) is 0.668. The van der Waals surface area contributed by atoms with E-state index >= 15 is 0 Å². The number of nitrogens with zero attached hydrogens (tertiary/aromatic N) is 1. The van der Waals surface area contributed by atoms with Crippen LogP contribution in [0.4, 0.5) is 8.78 Å². The van der Waals surface area contributed by atoms with Gasteiger partial charge in [0.25, 0.3) is 11.5 Å². The van der Waals surface area contributed by atoms with Gasteiger partial charge in [0.05, 0.1) is 11.3 Å². The number of aromatic nitrogens is 2. The molecule has 158 valence electrons. The summed E-state index contributed by atoms with van der Waals surface area (Å²) in [6, 6.07) is 6.06. The van der Waals surface area contributed by atoms with Crippen LogP contribution in [0.3, 0.4) is 0 Å². The number of hydrogen-bond acceptors (Lipinski definition) is 4. The second-order valence-corrected chi connectivity index (χ2v) is 7.53. The van der Waals surface area contributed by atoms with E-state index in [1.807, 2.05) is 0 Å². The molecule has 7 nitrogen and oxygen atoms in total. The topological polar surface area (TPSA) is 84.8 Å². The summed E-state index contributed by atoms with van der Waals surface area (Å²) in [6.07, 6.45) is 2.71. The maximum atomic E-state index is 13.1. The Balaban J connectivity index is 1.62. The first-order chi connectivity index (χ1) is 14.2. The Morgan fingerprint density at radius 2 is 1.97 bits per heavy atom. The first-order valence-corrected chi connectivity index (χ1v) is 9.53. The van der Waals surface area contributed by atoms with Crippen molar-refractivity contribution in [3.8, 4) is 22.8 Å². The van der Waals surface area contributed by atoms with Crippen molar-refractivity contribution < 1.29 is 23.0 Å². The molecule has 0 unspecified atom stereocenters. The molecule has 4 rings (SSSR count). The third-order valence-electron chi connectivity index (χ3n) is 4.76. The van der Waals surface area contributed by atoms with Gasteiger partial charge in [-0.05, 0) is 38.1 Å². The number of H-pyrrole nitrogens is 1. The van der Waals surface area contributed by atoms with Crippen LogP contribution in [0.15, 0.2) is 41.5 Å². The standard InChI is InChI=1S/C21H21F2N3O4/c1-12(9-21(2,22)23)24-19(27)14-7-16-20(28)25-15(11-26(16)10-14)13-3-4-17-18(8-13)30-6-5-29-17/h3-4,7-8,10-12H,5-6,9H2,1-2H3,(H,24,27)(H,25,28)/t12-/m1/s1. The molecule has 1 aromatic carbocycles. The van der Waals surface area contributed by atoms with E-state index in [1.54, 1.807) is 28.8 Å². The second kappa shape index (κ2) is 7.47. The van der Waals surface area contributed by atoms with Gasteiger partial charge < -0.3 is 24.2 Å². The molecule has 30 heavy (non-hydrogen) atoms. The van der Waals surface area contributed by atoms with E-state index in [9.17, 15) is 18.4 Å². The highest BCUT2D eigenvalue weighted by atomic mass is 19.3. The van der Waals surface area contributed by atoms with Gasteiger partial charge in [0.2, 0.25) is 5.92 Å². The highest BCUT2D eigenvalue weighted by Gasteiger charge is 2.25. The minimum absolute atomic E-state index is 0.214. The SMILES string of the molecule is C[C@H](CC(C)(F)F)NC(=O)c1cc2c(=O)[nH]c(-c3ccc4c(c3)OCCO4)cn2c1. The zero-order valence-corrected chi connectivity index (χ0v) is 16.5. The number of halogens is 2. The van der Waals surface area contributed by atoms with Crippen molar-refractivity contribution in [1.82, 2.24) is 14.7 Å². The predicted octanol–water partition coefficient (Wildman–Crippen LogP) is 3.23. The summed E-state index contributed by atoms with van der Waals surface area (Å²) >= 11 is 0. The Bertz CT molecular complexity index is 1160. The van der Waals surface area contributed by atoms with Crippen LogP contribution >= 0.6 is 0 Å². The van der Waals surface area contributed by atoms with Crippen molar-refractivity contribution in [3.05, 3.63) is 52.6 Å². The Kier molecular flexibility index (Phi) is 4.97. The molecule has 2 aromatic heterocycles. The Morgan fingerprint density at radius 1 is 1.23 bits per heavy atom. The monoisotopic (exact) mass is 417 g/mol.